The number of carbonyl (C=O) groups is 1. The molecule has 1 heterocycles. The minimum Gasteiger partial charge on any atom is -0.497 e. The summed E-state index contributed by atoms with van der Waals surface area (Å²) in [5, 5.41) is 0. The van der Waals surface area contributed by atoms with Crippen LogP contribution in [-0.4, -0.2) is 13.4 Å². The van der Waals surface area contributed by atoms with Crippen molar-refractivity contribution >= 4 is 6.29 Å². The van der Waals surface area contributed by atoms with Gasteiger partial charge in [-0.15, -0.1) is 0 Å². The summed E-state index contributed by atoms with van der Waals surface area (Å²) in [6, 6.07) is 13.4. The monoisotopic (exact) mass is 254 g/mol. The molecule has 0 aliphatic carbocycles. The van der Waals surface area contributed by atoms with E-state index in [1.807, 2.05) is 36.4 Å². The molecule has 19 heavy (non-hydrogen) atoms. The van der Waals surface area contributed by atoms with Gasteiger partial charge in [-0.1, -0.05) is 12.1 Å². The Morgan fingerprint density at radius 3 is 2.68 bits per heavy atom. The number of hydrogen-bond acceptors (Lipinski definition) is 3. The van der Waals surface area contributed by atoms with E-state index < -0.39 is 0 Å². The van der Waals surface area contributed by atoms with Crippen molar-refractivity contribution in [2.45, 2.75) is 12.5 Å². The fraction of sp³-hybridized carbons (Fsp3) is 0.188. The number of fused-ring (bicyclic) bond motifs is 1. The van der Waals surface area contributed by atoms with Crippen LogP contribution in [0.15, 0.2) is 42.5 Å². The van der Waals surface area contributed by atoms with Crippen LogP contribution in [-0.2, 0) is 6.42 Å². The fourth-order valence-corrected chi connectivity index (χ4v) is 2.35. The lowest BCUT2D eigenvalue weighted by molar-refractivity contribution is 0.112. The number of hydrogen-bond donors (Lipinski definition) is 0. The van der Waals surface area contributed by atoms with Gasteiger partial charge in [-0.25, -0.2) is 0 Å². The van der Waals surface area contributed by atoms with E-state index in [1.165, 1.54) is 0 Å². The Bertz CT molecular complexity index is 602. The van der Waals surface area contributed by atoms with Crippen molar-refractivity contribution in [3.63, 3.8) is 0 Å². The second-order valence-corrected chi connectivity index (χ2v) is 4.57. The molecule has 0 radical (unpaired) electrons. The molecule has 1 aliphatic heterocycles. The van der Waals surface area contributed by atoms with Gasteiger partial charge in [-0.3, -0.25) is 4.79 Å². The summed E-state index contributed by atoms with van der Waals surface area (Å²) >= 11 is 0. The number of carbonyl (C=O) groups excluding carboxylic acids is 1. The molecular formula is C16H14O3. The van der Waals surface area contributed by atoms with E-state index >= 15 is 0 Å². The van der Waals surface area contributed by atoms with Gasteiger partial charge in [0.15, 0.2) is 0 Å². The van der Waals surface area contributed by atoms with Gasteiger partial charge in [0.25, 0.3) is 0 Å². The van der Waals surface area contributed by atoms with Gasteiger partial charge in [-0.2, -0.15) is 0 Å². The van der Waals surface area contributed by atoms with Crippen molar-refractivity contribution in [3.05, 3.63) is 59.2 Å². The van der Waals surface area contributed by atoms with E-state index in [9.17, 15) is 4.79 Å². The maximum absolute atomic E-state index is 10.8. The topological polar surface area (TPSA) is 35.5 Å². The maximum Gasteiger partial charge on any atom is 0.150 e. The summed E-state index contributed by atoms with van der Waals surface area (Å²) < 4.78 is 11.1. The fourth-order valence-electron chi connectivity index (χ4n) is 2.35. The lowest BCUT2D eigenvalue weighted by Gasteiger charge is -2.11. The van der Waals surface area contributed by atoms with Crippen LogP contribution in [0.5, 0.6) is 11.5 Å². The van der Waals surface area contributed by atoms with Gasteiger partial charge in [0, 0.05) is 12.0 Å². The van der Waals surface area contributed by atoms with E-state index in [1.54, 1.807) is 13.2 Å². The molecule has 1 atom stereocenters. The molecule has 3 rings (SSSR count). The molecule has 0 aromatic heterocycles. The van der Waals surface area contributed by atoms with Gasteiger partial charge < -0.3 is 9.47 Å². The van der Waals surface area contributed by atoms with Gasteiger partial charge in [-0.05, 0) is 41.5 Å². The maximum atomic E-state index is 10.8. The Balaban J connectivity index is 1.84. The summed E-state index contributed by atoms with van der Waals surface area (Å²) in [7, 11) is 1.65. The van der Waals surface area contributed by atoms with Crippen LogP contribution in [0.2, 0.25) is 0 Å². The quantitative estimate of drug-likeness (QED) is 0.789. The van der Waals surface area contributed by atoms with Crippen LogP contribution in [0, 0.1) is 0 Å². The smallest absolute Gasteiger partial charge is 0.150 e. The molecule has 0 saturated heterocycles. The van der Waals surface area contributed by atoms with Crippen molar-refractivity contribution in [3.8, 4) is 11.5 Å². The van der Waals surface area contributed by atoms with Gasteiger partial charge in [0.2, 0.25) is 0 Å². The average molecular weight is 254 g/mol. The van der Waals surface area contributed by atoms with Crippen LogP contribution < -0.4 is 9.47 Å². The summed E-state index contributed by atoms with van der Waals surface area (Å²) in [6.45, 7) is 0. The van der Waals surface area contributed by atoms with Crippen molar-refractivity contribution in [2.24, 2.45) is 0 Å². The highest BCUT2D eigenvalue weighted by atomic mass is 16.5. The lowest BCUT2D eigenvalue weighted by Crippen LogP contribution is -2.02. The van der Waals surface area contributed by atoms with Crippen molar-refractivity contribution in [2.75, 3.05) is 7.11 Å². The van der Waals surface area contributed by atoms with Crippen LogP contribution >= 0.6 is 0 Å². The van der Waals surface area contributed by atoms with Gasteiger partial charge in [0.1, 0.15) is 23.9 Å². The van der Waals surface area contributed by atoms with E-state index in [-0.39, 0.29) is 6.10 Å². The van der Waals surface area contributed by atoms with Crippen molar-refractivity contribution in [1.82, 2.24) is 0 Å². The molecule has 0 N–H and O–H groups in total. The predicted octanol–water partition coefficient (Wildman–Crippen LogP) is 3.18. The molecule has 0 saturated carbocycles. The molecule has 0 unspecified atom stereocenters. The highest BCUT2D eigenvalue weighted by Crippen LogP contribution is 2.37. The van der Waals surface area contributed by atoms with E-state index in [0.29, 0.717) is 5.56 Å². The summed E-state index contributed by atoms with van der Waals surface area (Å²) in [5.41, 5.74) is 2.90. The number of ether oxygens (including phenoxy) is 2. The minimum atomic E-state index is 0.0165. The second kappa shape index (κ2) is 4.76. The average Bonchev–Trinajstić information content (AvgIpc) is 2.90. The van der Waals surface area contributed by atoms with Gasteiger partial charge >= 0.3 is 0 Å². The Labute approximate surface area is 111 Å². The molecule has 2 aromatic rings. The van der Waals surface area contributed by atoms with Gasteiger partial charge in [0.05, 0.1) is 7.11 Å². The number of aldehydes is 1. The Morgan fingerprint density at radius 1 is 1.21 bits per heavy atom. The number of benzene rings is 2. The Hall–Kier alpha value is -2.29. The molecule has 0 amide bonds. The lowest BCUT2D eigenvalue weighted by atomic mass is 10.0. The summed E-state index contributed by atoms with van der Waals surface area (Å²) in [4.78, 5) is 10.8. The van der Waals surface area contributed by atoms with Crippen LogP contribution in [0.25, 0.3) is 0 Å². The molecule has 2 aromatic carbocycles. The zero-order valence-electron chi connectivity index (χ0n) is 10.6. The van der Waals surface area contributed by atoms with Crippen molar-refractivity contribution in [1.29, 1.82) is 0 Å². The first kappa shape index (κ1) is 11.8. The molecule has 1 aliphatic rings. The third kappa shape index (κ3) is 2.19. The third-order valence-electron chi connectivity index (χ3n) is 3.38. The largest absolute Gasteiger partial charge is 0.497 e. The molecule has 0 fully saturated rings. The van der Waals surface area contributed by atoms with E-state index in [4.69, 9.17) is 9.47 Å². The predicted molar refractivity (Wildman–Crippen MR) is 71.9 cm³/mol. The normalized spacial score (nSPS) is 16.6. The minimum absolute atomic E-state index is 0.0165. The molecule has 0 bridgehead atoms. The zero-order valence-corrected chi connectivity index (χ0v) is 10.6. The molecule has 3 nitrogen and oxygen atoms in total. The molecule has 3 heteroatoms. The second-order valence-electron chi connectivity index (χ2n) is 4.57. The first-order chi connectivity index (χ1) is 9.30. The standard InChI is InChI=1S/C16H14O3/c1-18-14-5-3-12(4-6-14)16-9-13-8-11(10-17)2-7-15(13)19-16/h2-8,10,16H,9H2,1H3/t16-/m0/s1. The molecule has 96 valence electrons. The highest BCUT2D eigenvalue weighted by Gasteiger charge is 2.24. The van der Waals surface area contributed by atoms with E-state index in [2.05, 4.69) is 0 Å². The molecule has 0 spiro atoms. The SMILES string of the molecule is COc1ccc([C@@H]2Cc3cc(C=O)ccc3O2)cc1. The first-order valence-electron chi connectivity index (χ1n) is 6.19. The Kier molecular flexibility index (Phi) is 2.95. The Morgan fingerprint density at radius 2 is 2.00 bits per heavy atom. The number of methoxy groups -OCH3 is 1. The van der Waals surface area contributed by atoms with Crippen LogP contribution in [0.4, 0.5) is 0 Å². The number of rotatable bonds is 3. The van der Waals surface area contributed by atoms with Crippen molar-refractivity contribution < 1.29 is 14.3 Å². The summed E-state index contributed by atoms with van der Waals surface area (Å²) in [5.74, 6) is 1.70. The zero-order chi connectivity index (χ0) is 13.2. The highest BCUT2D eigenvalue weighted by molar-refractivity contribution is 5.75. The molecular weight excluding hydrogens is 240 g/mol. The third-order valence-corrected chi connectivity index (χ3v) is 3.38. The van der Waals surface area contributed by atoms with Crippen LogP contribution in [0.3, 0.4) is 0 Å². The van der Waals surface area contributed by atoms with E-state index in [0.717, 1.165) is 35.3 Å². The summed E-state index contributed by atoms with van der Waals surface area (Å²) in [6.07, 6.45) is 1.67. The van der Waals surface area contributed by atoms with Crippen LogP contribution in [0.1, 0.15) is 27.6 Å². The first-order valence-corrected chi connectivity index (χ1v) is 6.19.